The number of Topliss-reactive ketones (excluding diaryl/α,β-unsaturated/α-hetero) is 1. The van der Waals surface area contributed by atoms with Crippen LogP contribution in [0.4, 0.5) is 10.3 Å². The minimum Gasteiger partial charge on any atom is -0.340 e. The van der Waals surface area contributed by atoms with E-state index in [4.69, 9.17) is 0 Å². The molecule has 164 valence electrons. The lowest BCUT2D eigenvalue weighted by Crippen LogP contribution is -2.39. The number of nitrogens with one attached hydrogen (secondary N) is 1. The van der Waals surface area contributed by atoms with Crippen LogP contribution in [0.2, 0.25) is 0 Å². The van der Waals surface area contributed by atoms with Gasteiger partial charge in [-0.15, -0.1) is 0 Å². The zero-order chi connectivity index (χ0) is 22.4. The Morgan fingerprint density at radius 1 is 1.09 bits per heavy atom. The number of pyridine rings is 1. The molecule has 2 aromatic heterocycles. The quantitative estimate of drug-likeness (QED) is 0.638. The number of anilines is 1. The maximum absolute atomic E-state index is 14.9. The van der Waals surface area contributed by atoms with Crippen molar-refractivity contribution in [2.24, 2.45) is 11.8 Å². The zero-order valence-electron chi connectivity index (χ0n) is 18.5. The van der Waals surface area contributed by atoms with E-state index in [1.165, 1.54) is 6.07 Å². The van der Waals surface area contributed by atoms with Crippen molar-refractivity contribution in [1.82, 2.24) is 20.3 Å². The van der Waals surface area contributed by atoms with Crippen LogP contribution < -0.4 is 10.2 Å². The number of benzene rings is 1. The molecule has 0 amide bonds. The minimum absolute atomic E-state index is 0.0847. The lowest BCUT2D eigenvalue weighted by Gasteiger charge is -2.22. The highest BCUT2D eigenvalue weighted by Crippen LogP contribution is 2.36. The minimum atomic E-state index is -0.430. The molecule has 1 N–H and O–H groups in total. The highest BCUT2D eigenvalue weighted by Gasteiger charge is 2.46. The molecule has 4 heterocycles. The summed E-state index contributed by atoms with van der Waals surface area (Å²) in [7, 11) is 0. The Labute approximate surface area is 186 Å². The van der Waals surface area contributed by atoms with Crippen LogP contribution in [0.15, 0.2) is 42.6 Å². The van der Waals surface area contributed by atoms with Gasteiger partial charge in [0.25, 0.3) is 0 Å². The van der Waals surface area contributed by atoms with Gasteiger partial charge in [-0.3, -0.25) is 9.78 Å². The van der Waals surface area contributed by atoms with Gasteiger partial charge < -0.3 is 10.2 Å². The number of fused-ring (bicyclic) bond motifs is 1. The predicted octanol–water partition coefficient (Wildman–Crippen LogP) is 3.51. The summed E-state index contributed by atoms with van der Waals surface area (Å²) >= 11 is 0. The SMILES string of the molecule is Cc1ccnc(-c2c(F)cccc2C(=O)C2NCC3CN(c4nc(C)cc(C)n4)CC32)c1. The van der Waals surface area contributed by atoms with Crippen molar-refractivity contribution in [2.75, 3.05) is 24.5 Å². The molecule has 0 spiro atoms. The fraction of sp³-hybridized carbons (Fsp3) is 0.360. The topological polar surface area (TPSA) is 71.0 Å². The molecular weight excluding hydrogens is 405 g/mol. The summed E-state index contributed by atoms with van der Waals surface area (Å²) < 4.78 is 14.9. The normalized spacial score (nSPS) is 22.2. The average molecular weight is 432 g/mol. The van der Waals surface area contributed by atoms with Crippen LogP contribution in [0.1, 0.15) is 27.3 Å². The van der Waals surface area contributed by atoms with Gasteiger partial charge >= 0.3 is 0 Å². The van der Waals surface area contributed by atoms with Gasteiger partial charge in [0.15, 0.2) is 5.78 Å². The highest BCUT2D eigenvalue weighted by atomic mass is 19.1. The largest absolute Gasteiger partial charge is 0.340 e. The number of hydrogen-bond donors (Lipinski definition) is 1. The number of hydrogen-bond acceptors (Lipinski definition) is 6. The van der Waals surface area contributed by atoms with Crippen molar-refractivity contribution in [1.29, 1.82) is 0 Å². The Kier molecular flexibility index (Phi) is 5.21. The molecular formula is C25H26FN5O. The molecule has 2 fully saturated rings. The molecule has 0 aliphatic carbocycles. The molecule has 0 bridgehead atoms. The Morgan fingerprint density at radius 2 is 1.88 bits per heavy atom. The van der Waals surface area contributed by atoms with E-state index in [1.54, 1.807) is 18.3 Å². The summed E-state index contributed by atoms with van der Waals surface area (Å²) in [6, 6.07) is 9.94. The Bertz CT molecular complexity index is 1180. The van der Waals surface area contributed by atoms with Gasteiger partial charge in [-0.05, 0) is 56.5 Å². The second-order valence-electron chi connectivity index (χ2n) is 8.91. The Balaban J connectivity index is 1.44. The van der Waals surface area contributed by atoms with E-state index in [9.17, 15) is 9.18 Å². The van der Waals surface area contributed by atoms with Gasteiger partial charge in [0.2, 0.25) is 5.95 Å². The van der Waals surface area contributed by atoms with E-state index in [-0.39, 0.29) is 23.3 Å². The maximum atomic E-state index is 14.9. The Morgan fingerprint density at radius 3 is 2.62 bits per heavy atom. The predicted molar refractivity (Wildman–Crippen MR) is 121 cm³/mol. The second kappa shape index (κ2) is 8.06. The fourth-order valence-electron chi connectivity index (χ4n) is 5.05. The van der Waals surface area contributed by atoms with Crippen LogP contribution in [0, 0.1) is 38.4 Å². The van der Waals surface area contributed by atoms with Crippen LogP contribution in [0.25, 0.3) is 11.3 Å². The lowest BCUT2D eigenvalue weighted by molar-refractivity contribution is 0.0931. The number of aromatic nitrogens is 3. The van der Waals surface area contributed by atoms with Crippen molar-refractivity contribution in [3.05, 3.63) is 70.9 Å². The molecule has 0 radical (unpaired) electrons. The third-order valence-corrected chi connectivity index (χ3v) is 6.51. The van der Waals surface area contributed by atoms with Crippen LogP contribution in [0.3, 0.4) is 0 Å². The third kappa shape index (κ3) is 3.66. The number of aryl methyl sites for hydroxylation is 3. The molecule has 32 heavy (non-hydrogen) atoms. The molecule has 1 aromatic carbocycles. The Hall–Kier alpha value is -3.19. The molecule has 3 aromatic rings. The summed E-state index contributed by atoms with van der Waals surface area (Å²) in [5.74, 6) is 0.646. The molecule has 3 atom stereocenters. The first-order valence-electron chi connectivity index (χ1n) is 11.0. The van der Waals surface area contributed by atoms with Crippen molar-refractivity contribution in [2.45, 2.75) is 26.8 Å². The molecule has 7 heteroatoms. The highest BCUT2D eigenvalue weighted by molar-refractivity contribution is 6.05. The molecule has 5 rings (SSSR count). The van der Waals surface area contributed by atoms with E-state index in [0.29, 0.717) is 23.7 Å². The molecule has 2 aliphatic rings. The smallest absolute Gasteiger partial charge is 0.225 e. The number of nitrogens with zero attached hydrogens (tertiary/aromatic N) is 4. The third-order valence-electron chi connectivity index (χ3n) is 6.51. The van der Waals surface area contributed by atoms with Crippen molar-refractivity contribution >= 4 is 11.7 Å². The van der Waals surface area contributed by atoms with Crippen LogP contribution in [0.5, 0.6) is 0 Å². The van der Waals surface area contributed by atoms with Crippen molar-refractivity contribution in [3.63, 3.8) is 0 Å². The van der Waals surface area contributed by atoms with Gasteiger partial charge in [-0.1, -0.05) is 12.1 Å². The number of carbonyl (C=O) groups is 1. The van der Waals surface area contributed by atoms with Crippen LogP contribution in [-0.4, -0.2) is 46.4 Å². The molecule has 3 unspecified atom stereocenters. The molecule has 2 saturated heterocycles. The first-order valence-corrected chi connectivity index (χ1v) is 11.0. The van der Waals surface area contributed by atoms with E-state index in [0.717, 1.165) is 36.0 Å². The summed E-state index contributed by atoms with van der Waals surface area (Å²) in [6.45, 7) is 8.11. The number of ketones is 1. The summed E-state index contributed by atoms with van der Waals surface area (Å²) in [5.41, 5.74) is 3.98. The van der Waals surface area contributed by atoms with E-state index < -0.39 is 5.82 Å². The first-order chi connectivity index (χ1) is 15.4. The fourth-order valence-corrected chi connectivity index (χ4v) is 5.05. The van der Waals surface area contributed by atoms with E-state index in [2.05, 4.69) is 25.2 Å². The van der Waals surface area contributed by atoms with Crippen LogP contribution in [-0.2, 0) is 0 Å². The first kappa shape index (κ1) is 20.7. The van der Waals surface area contributed by atoms with E-state index >= 15 is 0 Å². The summed E-state index contributed by atoms with van der Waals surface area (Å²) in [5, 5.41) is 3.40. The molecule has 2 aliphatic heterocycles. The monoisotopic (exact) mass is 431 g/mol. The van der Waals surface area contributed by atoms with Crippen molar-refractivity contribution in [3.8, 4) is 11.3 Å². The van der Waals surface area contributed by atoms with Gasteiger partial charge in [-0.2, -0.15) is 0 Å². The maximum Gasteiger partial charge on any atom is 0.225 e. The van der Waals surface area contributed by atoms with Gasteiger partial charge in [0.05, 0.1) is 11.7 Å². The molecule has 6 nitrogen and oxygen atoms in total. The number of rotatable bonds is 4. The lowest BCUT2D eigenvalue weighted by atomic mass is 9.87. The zero-order valence-corrected chi connectivity index (χ0v) is 18.5. The number of carbonyl (C=O) groups excluding carboxylic acids is 1. The van der Waals surface area contributed by atoms with Gasteiger partial charge in [-0.25, -0.2) is 14.4 Å². The van der Waals surface area contributed by atoms with Crippen LogP contribution >= 0.6 is 0 Å². The second-order valence-corrected chi connectivity index (χ2v) is 8.91. The average Bonchev–Trinajstić information content (AvgIpc) is 3.33. The summed E-state index contributed by atoms with van der Waals surface area (Å²) in [6.07, 6.45) is 1.65. The summed E-state index contributed by atoms with van der Waals surface area (Å²) in [4.78, 5) is 29.4. The van der Waals surface area contributed by atoms with Gasteiger partial charge in [0, 0.05) is 54.3 Å². The van der Waals surface area contributed by atoms with Crippen molar-refractivity contribution < 1.29 is 9.18 Å². The molecule has 0 saturated carbocycles. The number of halogens is 1. The van der Waals surface area contributed by atoms with E-state index in [1.807, 2.05) is 39.0 Å². The van der Waals surface area contributed by atoms with Gasteiger partial charge in [0.1, 0.15) is 5.82 Å². The standard InChI is InChI=1S/C25H26FN5O/c1-14-7-8-27-21(9-14)22-18(5-4-6-20(22)26)24(32)23-19-13-31(12-17(19)11-28-23)25-29-15(2)10-16(3)30-25/h4-10,17,19,23,28H,11-13H2,1-3H3.